The summed E-state index contributed by atoms with van der Waals surface area (Å²) in [6.45, 7) is 0. The Labute approximate surface area is 121 Å². The van der Waals surface area contributed by atoms with Gasteiger partial charge in [-0.15, -0.1) is 0 Å². The molecule has 0 aliphatic carbocycles. The van der Waals surface area contributed by atoms with Gasteiger partial charge in [-0.1, -0.05) is 33.6 Å². The Hall–Kier alpha value is -1.04. The molecule has 2 aromatic rings. The second-order valence-electron chi connectivity index (χ2n) is 3.91. The first kappa shape index (κ1) is 14.4. The van der Waals surface area contributed by atoms with Gasteiger partial charge in [-0.3, -0.25) is 0 Å². The van der Waals surface area contributed by atoms with Crippen LogP contribution in [-0.2, 0) is 0 Å². The van der Waals surface area contributed by atoms with E-state index in [0.717, 1.165) is 12.1 Å². The fraction of sp³-hybridized carbons (Fsp3) is 0.0769. The van der Waals surface area contributed by atoms with Crippen molar-refractivity contribution in [3.8, 4) is 0 Å². The van der Waals surface area contributed by atoms with Crippen molar-refractivity contribution in [1.82, 2.24) is 0 Å². The van der Waals surface area contributed by atoms with Crippen LogP contribution in [0.3, 0.4) is 0 Å². The van der Waals surface area contributed by atoms with Crippen LogP contribution in [0.5, 0.6) is 0 Å². The lowest BCUT2D eigenvalue weighted by Gasteiger charge is -2.16. The number of hydrogen-bond acceptors (Lipinski definition) is 1. The molecule has 0 aliphatic heterocycles. The molecule has 0 radical (unpaired) electrons. The molecule has 0 saturated heterocycles. The lowest BCUT2D eigenvalue weighted by atomic mass is 9.99. The molecule has 0 spiro atoms. The number of halogens is 5. The van der Waals surface area contributed by atoms with Crippen LogP contribution < -0.4 is 5.73 Å². The van der Waals surface area contributed by atoms with Crippen molar-refractivity contribution in [2.75, 3.05) is 0 Å². The van der Waals surface area contributed by atoms with Gasteiger partial charge in [-0.2, -0.15) is 0 Å². The van der Waals surface area contributed by atoms with Crippen LogP contribution in [0.2, 0.25) is 5.02 Å². The molecule has 1 unspecified atom stereocenters. The number of nitrogens with two attached hydrogens (primary N) is 1. The quantitative estimate of drug-likeness (QED) is 0.789. The summed E-state index contributed by atoms with van der Waals surface area (Å²) >= 11 is 9.10. The van der Waals surface area contributed by atoms with E-state index in [1.807, 2.05) is 0 Å². The Morgan fingerprint density at radius 2 is 1.68 bits per heavy atom. The summed E-state index contributed by atoms with van der Waals surface area (Å²) in [5.74, 6) is -4.08. The third kappa shape index (κ3) is 2.78. The van der Waals surface area contributed by atoms with E-state index in [1.165, 1.54) is 6.07 Å². The highest BCUT2D eigenvalue weighted by molar-refractivity contribution is 9.10. The van der Waals surface area contributed by atoms with Gasteiger partial charge in [0, 0.05) is 15.1 Å². The molecule has 2 N–H and O–H groups in total. The molecule has 100 valence electrons. The normalized spacial score (nSPS) is 12.5. The molecule has 0 aliphatic rings. The van der Waals surface area contributed by atoms with Gasteiger partial charge in [-0.25, -0.2) is 13.2 Å². The molecule has 0 bridgehead atoms. The molecule has 19 heavy (non-hydrogen) atoms. The first-order valence-corrected chi connectivity index (χ1v) is 6.43. The standard InChI is InChI=1S/C13H8BrClF3N/c14-9-3-1-6(15)5-8(9)13(19)7-2-4-10(16)12(18)11(7)17/h1-5,13H,19H2. The second kappa shape index (κ2) is 5.53. The van der Waals surface area contributed by atoms with E-state index in [1.54, 1.807) is 12.1 Å². The van der Waals surface area contributed by atoms with Gasteiger partial charge < -0.3 is 5.73 Å². The molecule has 2 rings (SSSR count). The van der Waals surface area contributed by atoms with Crippen molar-refractivity contribution in [3.63, 3.8) is 0 Å². The minimum Gasteiger partial charge on any atom is -0.320 e. The smallest absolute Gasteiger partial charge is 0.194 e. The molecule has 6 heteroatoms. The molecule has 1 nitrogen and oxygen atoms in total. The van der Waals surface area contributed by atoms with Crippen molar-refractivity contribution in [3.05, 3.63) is 68.4 Å². The van der Waals surface area contributed by atoms with Gasteiger partial charge in [-0.05, 0) is 29.8 Å². The van der Waals surface area contributed by atoms with Crippen molar-refractivity contribution >= 4 is 27.5 Å². The molecule has 2 aromatic carbocycles. The summed E-state index contributed by atoms with van der Waals surface area (Å²) < 4.78 is 40.4. The van der Waals surface area contributed by atoms with Gasteiger partial charge >= 0.3 is 0 Å². The van der Waals surface area contributed by atoms with E-state index in [-0.39, 0.29) is 5.56 Å². The topological polar surface area (TPSA) is 26.0 Å². The van der Waals surface area contributed by atoms with Gasteiger partial charge in [0.15, 0.2) is 17.5 Å². The molecular weight excluding hydrogens is 343 g/mol. The lowest BCUT2D eigenvalue weighted by molar-refractivity contribution is 0.438. The monoisotopic (exact) mass is 349 g/mol. The maximum atomic E-state index is 13.7. The summed E-state index contributed by atoms with van der Waals surface area (Å²) in [5, 5.41) is 0.414. The van der Waals surface area contributed by atoms with E-state index < -0.39 is 23.5 Å². The summed E-state index contributed by atoms with van der Waals surface area (Å²) in [5.41, 5.74) is 6.23. The Morgan fingerprint density at radius 1 is 1.00 bits per heavy atom. The second-order valence-corrected chi connectivity index (χ2v) is 5.20. The zero-order valence-corrected chi connectivity index (χ0v) is 11.8. The lowest BCUT2D eigenvalue weighted by Crippen LogP contribution is -2.15. The zero-order chi connectivity index (χ0) is 14.2. The van der Waals surface area contributed by atoms with Crippen LogP contribution in [-0.4, -0.2) is 0 Å². The van der Waals surface area contributed by atoms with Crippen molar-refractivity contribution in [2.24, 2.45) is 5.73 Å². The predicted octanol–water partition coefficient (Wildman–Crippen LogP) is 4.57. The maximum absolute atomic E-state index is 13.7. The van der Waals surface area contributed by atoms with Gasteiger partial charge in [0.1, 0.15) is 0 Å². The maximum Gasteiger partial charge on any atom is 0.194 e. The molecule has 0 aromatic heterocycles. The third-order valence-electron chi connectivity index (χ3n) is 2.69. The number of rotatable bonds is 2. The van der Waals surface area contributed by atoms with E-state index in [2.05, 4.69) is 15.9 Å². The van der Waals surface area contributed by atoms with E-state index >= 15 is 0 Å². The van der Waals surface area contributed by atoms with Crippen LogP contribution >= 0.6 is 27.5 Å². The van der Waals surface area contributed by atoms with Gasteiger partial charge in [0.25, 0.3) is 0 Å². The molecule has 0 amide bonds. The highest BCUT2D eigenvalue weighted by Crippen LogP contribution is 2.31. The van der Waals surface area contributed by atoms with Crippen LogP contribution in [0.15, 0.2) is 34.8 Å². The Bertz CT molecular complexity index is 634. The highest BCUT2D eigenvalue weighted by Gasteiger charge is 2.21. The van der Waals surface area contributed by atoms with Crippen LogP contribution in [0, 0.1) is 17.5 Å². The molecule has 0 saturated carbocycles. The van der Waals surface area contributed by atoms with E-state index in [9.17, 15) is 13.2 Å². The Kier molecular flexibility index (Phi) is 4.18. The zero-order valence-electron chi connectivity index (χ0n) is 9.43. The molecule has 1 atom stereocenters. The SMILES string of the molecule is NC(c1cc(Cl)ccc1Br)c1ccc(F)c(F)c1F. The first-order chi connectivity index (χ1) is 8.91. The summed E-state index contributed by atoms with van der Waals surface area (Å²) in [6.07, 6.45) is 0. The van der Waals surface area contributed by atoms with E-state index in [0.29, 0.717) is 15.1 Å². The third-order valence-corrected chi connectivity index (χ3v) is 3.65. The summed E-state index contributed by atoms with van der Waals surface area (Å²) in [7, 11) is 0. The predicted molar refractivity (Wildman–Crippen MR) is 71.5 cm³/mol. The largest absolute Gasteiger partial charge is 0.320 e. The number of benzene rings is 2. The minimum absolute atomic E-state index is 0.137. The van der Waals surface area contributed by atoms with Crippen molar-refractivity contribution in [2.45, 2.75) is 6.04 Å². The summed E-state index contributed by atoms with van der Waals surface area (Å²) in [4.78, 5) is 0. The van der Waals surface area contributed by atoms with Gasteiger partial charge in [0.2, 0.25) is 0 Å². The Balaban J connectivity index is 2.53. The molecular formula is C13H8BrClF3N. The molecule has 0 fully saturated rings. The van der Waals surface area contributed by atoms with Crippen LogP contribution in [0.4, 0.5) is 13.2 Å². The fourth-order valence-electron chi connectivity index (χ4n) is 1.70. The summed E-state index contributed by atoms with van der Waals surface area (Å²) in [6, 6.07) is 5.82. The van der Waals surface area contributed by atoms with Crippen molar-refractivity contribution < 1.29 is 13.2 Å². The molecule has 0 heterocycles. The fourth-order valence-corrected chi connectivity index (χ4v) is 2.38. The van der Waals surface area contributed by atoms with Crippen LogP contribution in [0.1, 0.15) is 17.2 Å². The average Bonchev–Trinajstić information content (AvgIpc) is 2.38. The average molecular weight is 351 g/mol. The van der Waals surface area contributed by atoms with Crippen LogP contribution in [0.25, 0.3) is 0 Å². The number of hydrogen-bond donors (Lipinski definition) is 1. The van der Waals surface area contributed by atoms with Crippen molar-refractivity contribution in [1.29, 1.82) is 0 Å². The highest BCUT2D eigenvalue weighted by atomic mass is 79.9. The van der Waals surface area contributed by atoms with Gasteiger partial charge in [0.05, 0.1) is 6.04 Å². The minimum atomic E-state index is -1.54. The van der Waals surface area contributed by atoms with E-state index in [4.69, 9.17) is 17.3 Å². The Morgan fingerprint density at radius 3 is 2.37 bits per heavy atom. The first-order valence-electron chi connectivity index (χ1n) is 5.25.